The monoisotopic (exact) mass is 264 g/mol. The Morgan fingerprint density at radius 3 is 2.67 bits per heavy atom. The Hall–Kier alpha value is -0.640. The molecule has 1 aliphatic heterocycles. The Morgan fingerprint density at radius 1 is 1.39 bits per heavy atom. The molecule has 2 heterocycles. The van der Waals surface area contributed by atoms with Gasteiger partial charge in [0, 0.05) is 28.9 Å². The molecule has 0 saturated carbocycles. The zero-order chi connectivity index (χ0) is 13.1. The molecule has 0 radical (unpaired) electrons. The van der Waals surface area contributed by atoms with Crippen molar-refractivity contribution in [3.05, 3.63) is 33.5 Å². The van der Waals surface area contributed by atoms with Gasteiger partial charge in [-0.05, 0) is 38.8 Å². The van der Waals surface area contributed by atoms with E-state index >= 15 is 0 Å². The van der Waals surface area contributed by atoms with Crippen LogP contribution in [0.25, 0.3) is 0 Å². The lowest BCUT2D eigenvalue weighted by molar-refractivity contribution is 0.185. The second-order valence-corrected chi connectivity index (χ2v) is 6.58. The van der Waals surface area contributed by atoms with E-state index in [1.54, 1.807) is 0 Å². The zero-order valence-corrected chi connectivity index (χ0v) is 12.5. The van der Waals surface area contributed by atoms with Crippen LogP contribution in [-0.2, 0) is 0 Å². The van der Waals surface area contributed by atoms with Gasteiger partial charge in [-0.25, -0.2) is 0 Å². The summed E-state index contributed by atoms with van der Waals surface area (Å²) in [5.74, 6) is 0. The first-order valence-corrected chi connectivity index (χ1v) is 7.65. The van der Waals surface area contributed by atoms with Crippen LogP contribution in [0.2, 0.25) is 0 Å². The van der Waals surface area contributed by atoms with Crippen LogP contribution >= 0.6 is 11.3 Å². The molecule has 2 N–H and O–H groups in total. The minimum Gasteiger partial charge on any atom is -0.326 e. The van der Waals surface area contributed by atoms with Crippen molar-refractivity contribution in [2.45, 2.75) is 45.7 Å². The largest absolute Gasteiger partial charge is 0.326 e. The first kappa shape index (κ1) is 13.8. The third kappa shape index (κ3) is 3.02. The van der Waals surface area contributed by atoms with Gasteiger partial charge >= 0.3 is 0 Å². The van der Waals surface area contributed by atoms with E-state index < -0.39 is 0 Å². The molecule has 1 aromatic heterocycles. The molecule has 1 aromatic rings. The van der Waals surface area contributed by atoms with Gasteiger partial charge in [-0.1, -0.05) is 18.6 Å². The molecule has 100 valence electrons. The number of thiophene rings is 1. The van der Waals surface area contributed by atoms with E-state index in [9.17, 15) is 0 Å². The van der Waals surface area contributed by atoms with Gasteiger partial charge < -0.3 is 5.73 Å². The Kier molecular flexibility index (Phi) is 4.60. The molecule has 2 atom stereocenters. The van der Waals surface area contributed by atoms with Crippen molar-refractivity contribution in [3.63, 3.8) is 0 Å². The third-order valence-corrected chi connectivity index (χ3v) is 4.86. The molecule has 0 amide bonds. The predicted molar refractivity (Wildman–Crippen MR) is 80.0 cm³/mol. The second kappa shape index (κ2) is 6.00. The van der Waals surface area contributed by atoms with Crippen LogP contribution in [-0.4, -0.2) is 24.0 Å². The SMILES string of the molecule is CCC(N)C(c1ccc(C)s1)N1CC=C(C)CC1. The molecule has 3 heteroatoms. The molecular formula is C15H24N2S. The van der Waals surface area contributed by atoms with Crippen molar-refractivity contribution in [1.82, 2.24) is 4.90 Å². The smallest absolute Gasteiger partial charge is 0.0596 e. The summed E-state index contributed by atoms with van der Waals surface area (Å²) in [4.78, 5) is 5.34. The number of hydrogen-bond acceptors (Lipinski definition) is 3. The summed E-state index contributed by atoms with van der Waals surface area (Å²) in [6.07, 6.45) is 4.55. The number of nitrogens with zero attached hydrogens (tertiary/aromatic N) is 1. The van der Waals surface area contributed by atoms with E-state index in [1.807, 2.05) is 11.3 Å². The van der Waals surface area contributed by atoms with Crippen molar-refractivity contribution < 1.29 is 0 Å². The number of rotatable bonds is 4. The van der Waals surface area contributed by atoms with Gasteiger partial charge in [-0.15, -0.1) is 11.3 Å². The molecular weight excluding hydrogens is 240 g/mol. The first-order chi connectivity index (χ1) is 8.61. The number of aryl methyl sites for hydroxylation is 1. The molecule has 0 saturated heterocycles. The van der Waals surface area contributed by atoms with Gasteiger partial charge in [0.2, 0.25) is 0 Å². The lowest BCUT2D eigenvalue weighted by Crippen LogP contribution is -2.42. The Labute approximate surface area is 114 Å². The van der Waals surface area contributed by atoms with Crippen LogP contribution in [0, 0.1) is 6.92 Å². The van der Waals surface area contributed by atoms with Gasteiger partial charge in [0.15, 0.2) is 0 Å². The van der Waals surface area contributed by atoms with E-state index in [0.717, 1.165) is 19.5 Å². The van der Waals surface area contributed by atoms with E-state index in [0.29, 0.717) is 6.04 Å². The van der Waals surface area contributed by atoms with Crippen LogP contribution in [0.5, 0.6) is 0 Å². The number of hydrogen-bond donors (Lipinski definition) is 1. The molecule has 0 bridgehead atoms. The summed E-state index contributed by atoms with van der Waals surface area (Å²) in [5.41, 5.74) is 7.88. The molecule has 2 nitrogen and oxygen atoms in total. The van der Waals surface area contributed by atoms with E-state index in [1.165, 1.54) is 21.7 Å². The molecule has 18 heavy (non-hydrogen) atoms. The van der Waals surface area contributed by atoms with Gasteiger partial charge in [0.1, 0.15) is 0 Å². The molecule has 0 aromatic carbocycles. The second-order valence-electron chi connectivity index (χ2n) is 5.26. The minimum atomic E-state index is 0.231. The molecule has 0 spiro atoms. The topological polar surface area (TPSA) is 29.3 Å². The standard InChI is InChI=1S/C15H24N2S/c1-4-13(16)15(14-6-5-12(3)18-14)17-9-7-11(2)8-10-17/h5-7,13,15H,4,8-10,16H2,1-3H3. The first-order valence-electron chi connectivity index (χ1n) is 6.83. The lowest BCUT2D eigenvalue weighted by atomic mass is 10.00. The normalized spacial score (nSPS) is 20.6. The zero-order valence-electron chi connectivity index (χ0n) is 11.6. The van der Waals surface area contributed by atoms with Gasteiger partial charge in [0.05, 0.1) is 6.04 Å². The average Bonchev–Trinajstić information content (AvgIpc) is 2.78. The predicted octanol–water partition coefficient (Wildman–Crippen LogP) is 3.49. The van der Waals surface area contributed by atoms with Crippen molar-refractivity contribution in [3.8, 4) is 0 Å². The van der Waals surface area contributed by atoms with Crippen LogP contribution < -0.4 is 5.73 Å². The highest BCUT2D eigenvalue weighted by Crippen LogP contribution is 2.32. The van der Waals surface area contributed by atoms with Gasteiger partial charge in [-0.3, -0.25) is 4.90 Å². The Balaban J connectivity index is 2.20. The summed E-state index contributed by atoms with van der Waals surface area (Å²) in [6.45, 7) is 8.76. The van der Waals surface area contributed by atoms with Crippen molar-refractivity contribution in [2.24, 2.45) is 5.73 Å². The maximum atomic E-state index is 6.37. The van der Waals surface area contributed by atoms with Crippen molar-refractivity contribution in [1.29, 1.82) is 0 Å². The highest BCUT2D eigenvalue weighted by atomic mass is 32.1. The van der Waals surface area contributed by atoms with Crippen molar-refractivity contribution in [2.75, 3.05) is 13.1 Å². The van der Waals surface area contributed by atoms with E-state index in [2.05, 4.69) is 43.9 Å². The molecule has 2 unspecified atom stereocenters. The molecule has 1 aliphatic rings. The highest BCUT2D eigenvalue weighted by molar-refractivity contribution is 7.12. The van der Waals surface area contributed by atoms with Crippen LogP contribution in [0.4, 0.5) is 0 Å². The molecule has 0 aliphatic carbocycles. The van der Waals surface area contributed by atoms with E-state index in [4.69, 9.17) is 5.73 Å². The van der Waals surface area contributed by atoms with Gasteiger partial charge in [-0.2, -0.15) is 0 Å². The summed E-state index contributed by atoms with van der Waals surface area (Å²) < 4.78 is 0. The fourth-order valence-electron chi connectivity index (χ4n) is 2.54. The van der Waals surface area contributed by atoms with Gasteiger partial charge in [0.25, 0.3) is 0 Å². The quantitative estimate of drug-likeness (QED) is 0.844. The highest BCUT2D eigenvalue weighted by Gasteiger charge is 2.27. The lowest BCUT2D eigenvalue weighted by Gasteiger charge is -2.36. The van der Waals surface area contributed by atoms with E-state index in [-0.39, 0.29) is 6.04 Å². The Morgan fingerprint density at radius 2 is 2.17 bits per heavy atom. The van der Waals surface area contributed by atoms with Crippen LogP contribution in [0.15, 0.2) is 23.8 Å². The minimum absolute atomic E-state index is 0.231. The maximum absolute atomic E-state index is 6.37. The fourth-order valence-corrected chi connectivity index (χ4v) is 3.62. The summed E-state index contributed by atoms with van der Waals surface area (Å²) in [6, 6.07) is 5.08. The van der Waals surface area contributed by atoms with Crippen LogP contribution in [0.3, 0.4) is 0 Å². The maximum Gasteiger partial charge on any atom is 0.0596 e. The molecule has 0 fully saturated rings. The Bertz CT molecular complexity index is 422. The van der Waals surface area contributed by atoms with Crippen LogP contribution in [0.1, 0.15) is 42.5 Å². The third-order valence-electron chi connectivity index (χ3n) is 3.79. The number of nitrogens with two attached hydrogens (primary N) is 1. The average molecular weight is 264 g/mol. The fraction of sp³-hybridized carbons (Fsp3) is 0.600. The van der Waals surface area contributed by atoms with Crippen molar-refractivity contribution >= 4 is 11.3 Å². The molecule has 2 rings (SSSR count). The summed E-state index contributed by atoms with van der Waals surface area (Å²) >= 11 is 1.89. The summed E-state index contributed by atoms with van der Waals surface area (Å²) in [5, 5.41) is 0. The summed E-state index contributed by atoms with van der Waals surface area (Å²) in [7, 11) is 0.